The topological polar surface area (TPSA) is 53.3 Å². The average Bonchev–Trinajstić information content (AvgIpc) is 2.53. The first kappa shape index (κ1) is 20.3. The Labute approximate surface area is 158 Å². The predicted molar refractivity (Wildman–Crippen MR) is 104 cm³/mol. The molecule has 0 radical (unpaired) electrons. The Morgan fingerprint density at radius 3 is 2.08 bits per heavy atom. The smallest absolute Gasteiger partial charge is 0.410 e. The van der Waals surface area contributed by atoms with Gasteiger partial charge in [-0.2, -0.15) is 5.26 Å². The Balaban J connectivity index is 2.01. The van der Waals surface area contributed by atoms with Crippen LogP contribution in [0, 0.1) is 16.7 Å². The third-order valence-corrected chi connectivity index (χ3v) is 4.97. The first-order valence-electron chi connectivity index (χ1n) is 9.43. The van der Waals surface area contributed by atoms with Crippen LogP contribution >= 0.6 is 0 Å². The van der Waals surface area contributed by atoms with Crippen molar-refractivity contribution in [3.8, 4) is 6.07 Å². The van der Waals surface area contributed by atoms with Crippen molar-refractivity contribution in [2.75, 3.05) is 13.1 Å². The van der Waals surface area contributed by atoms with Crippen LogP contribution in [0.4, 0.5) is 4.79 Å². The summed E-state index contributed by atoms with van der Waals surface area (Å²) in [5, 5.41) is 9.81. The van der Waals surface area contributed by atoms with Crippen molar-refractivity contribution in [3.05, 3.63) is 35.4 Å². The van der Waals surface area contributed by atoms with E-state index in [0.29, 0.717) is 25.9 Å². The normalized spacial score (nSPS) is 17.5. The Kier molecular flexibility index (Phi) is 5.70. The second-order valence-corrected chi connectivity index (χ2v) is 9.48. The molecule has 0 saturated carbocycles. The molecule has 4 nitrogen and oxygen atoms in total. The van der Waals surface area contributed by atoms with Gasteiger partial charge in [0.25, 0.3) is 0 Å². The van der Waals surface area contributed by atoms with Crippen molar-refractivity contribution in [2.45, 2.75) is 71.8 Å². The number of rotatable bonds is 2. The van der Waals surface area contributed by atoms with Crippen LogP contribution in [-0.4, -0.2) is 29.7 Å². The molecule has 1 aromatic rings. The number of hydrogen-bond acceptors (Lipinski definition) is 3. The number of nitriles is 1. The fraction of sp³-hybridized carbons (Fsp3) is 0.636. The zero-order valence-corrected chi connectivity index (χ0v) is 17.1. The highest BCUT2D eigenvalue weighted by Gasteiger charge is 2.37. The molecule has 1 amide bonds. The van der Waals surface area contributed by atoms with Crippen LogP contribution in [-0.2, 0) is 16.6 Å². The fourth-order valence-corrected chi connectivity index (χ4v) is 3.29. The number of ether oxygens (including phenoxy) is 1. The van der Waals surface area contributed by atoms with Crippen molar-refractivity contribution in [1.29, 1.82) is 5.26 Å². The van der Waals surface area contributed by atoms with Gasteiger partial charge in [-0.15, -0.1) is 0 Å². The molecule has 0 bridgehead atoms. The molecule has 0 spiro atoms. The van der Waals surface area contributed by atoms with E-state index in [4.69, 9.17) is 4.74 Å². The summed E-state index contributed by atoms with van der Waals surface area (Å²) in [7, 11) is 0. The van der Waals surface area contributed by atoms with Gasteiger partial charge in [-0.25, -0.2) is 4.79 Å². The molecule has 1 aliphatic heterocycles. The minimum atomic E-state index is -0.490. The molecule has 0 atom stereocenters. The molecule has 4 heteroatoms. The first-order valence-corrected chi connectivity index (χ1v) is 9.43. The van der Waals surface area contributed by atoms with E-state index >= 15 is 0 Å². The van der Waals surface area contributed by atoms with E-state index in [1.807, 2.05) is 20.8 Å². The Morgan fingerprint density at radius 2 is 1.65 bits per heavy atom. The highest BCUT2D eigenvalue weighted by Crippen LogP contribution is 2.35. The summed E-state index contributed by atoms with van der Waals surface area (Å²) in [6.45, 7) is 13.4. The molecular formula is C22H32N2O2. The minimum Gasteiger partial charge on any atom is -0.444 e. The van der Waals surface area contributed by atoms with E-state index < -0.39 is 11.0 Å². The zero-order valence-electron chi connectivity index (χ0n) is 17.1. The number of carbonyl (C=O) groups is 1. The van der Waals surface area contributed by atoms with Crippen molar-refractivity contribution in [2.24, 2.45) is 5.41 Å². The standard InChI is InChI=1S/C22H32N2O2/c1-20(2,3)18-9-7-17(8-10-18)15-22(16-23)11-13-24(14-12-22)19(25)26-21(4,5)6/h7-10H,11-15H2,1-6H3. The maximum absolute atomic E-state index is 12.2. The van der Waals surface area contributed by atoms with Gasteiger partial charge < -0.3 is 9.64 Å². The minimum absolute atomic E-state index is 0.129. The van der Waals surface area contributed by atoms with E-state index in [0.717, 1.165) is 6.42 Å². The molecule has 1 saturated heterocycles. The molecule has 0 N–H and O–H groups in total. The van der Waals surface area contributed by atoms with Gasteiger partial charge in [0.1, 0.15) is 5.60 Å². The summed E-state index contributed by atoms with van der Waals surface area (Å²) in [5.74, 6) is 0. The van der Waals surface area contributed by atoms with Crippen LogP contribution in [0.3, 0.4) is 0 Å². The fourth-order valence-electron chi connectivity index (χ4n) is 3.29. The van der Waals surface area contributed by atoms with E-state index in [9.17, 15) is 10.1 Å². The Hall–Kier alpha value is -2.02. The molecule has 0 aliphatic carbocycles. The van der Waals surface area contributed by atoms with Gasteiger partial charge in [-0.1, -0.05) is 45.0 Å². The lowest BCUT2D eigenvalue weighted by Gasteiger charge is -2.38. The van der Waals surface area contributed by atoms with Gasteiger partial charge in [-0.3, -0.25) is 0 Å². The lowest BCUT2D eigenvalue weighted by molar-refractivity contribution is 0.0148. The van der Waals surface area contributed by atoms with E-state index in [-0.39, 0.29) is 11.5 Å². The summed E-state index contributed by atoms with van der Waals surface area (Å²) in [6.07, 6.45) is 1.82. The average molecular weight is 357 g/mol. The predicted octanol–water partition coefficient (Wildman–Crippen LogP) is 5.07. The number of hydrogen-bond donors (Lipinski definition) is 0. The highest BCUT2D eigenvalue weighted by molar-refractivity contribution is 5.68. The third-order valence-electron chi connectivity index (χ3n) is 4.97. The number of piperidine rings is 1. The van der Waals surface area contributed by atoms with Crippen LogP contribution in [0.25, 0.3) is 0 Å². The summed E-state index contributed by atoms with van der Waals surface area (Å²) in [5.41, 5.74) is 1.72. The van der Waals surface area contributed by atoms with E-state index in [1.165, 1.54) is 11.1 Å². The van der Waals surface area contributed by atoms with Crippen LogP contribution in [0.2, 0.25) is 0 Å². The van der Waals surface area contributed by atoms with E-state index in [2.05, 4.69) is 51.1 Å². The third kappa shape index (κ3) is 5.24. The highest BCUT2D eigenvalue weighted by atomic mass is 16.6. The SMILES string of the molecule is CC(C)(C)OC(=O)N1CCC(C#N)(Cc2ccc(C(C)(C)C)cc2)CC1. The molecule has 26 heavy (non-hydrogen) atoms. The zero-order chi connectivity index (χ0) is 19.6. The number of nitrogens with zero attached hydrogens (tertiary/aromatic N) is 2. The number of benzene rings is 1. The maximum Gasteiger partial charge on any atom is 0.410 e. The molecule has 0 unspecified atom stereocenters. The Bertz CT molecular complexity index is 664. The maximum atomic E-state index is 12.2. The lowest BCUT2D eigenvalue weighted by Crippen LogP contribution is -2.45. The molecule has 2 rings (SSSR count). The van der Waals surface area contributed by atoms with E-state index in [1.54, 1.807) is 4.90 Å². The van der Waals surface area contributed by atoms with Crippen LogP contribution in [0.15, 0.2) is 24.3 Å². The molecule has 142 valence electrons. The summed E-state index contributed by atoms with van der Waals surface area (Å²) in [6, 6.07) is 11.1. The van der Waals surface area contributed by atoms with Crippen molar-refractivity contribution in [1.82, 2.24) is 4.90 Å². The molecule has 1 fully saturated rings. The quantitative estimate of drug-likeness (QED) is 0.743. The molecule has 1 aromatic carbocycles. The van der Waals surface area contributed by atoms with Gasteiger partial charge in [0, 0.05) is 13.1 Å². The van der Waals surface area contributed by atoms with Gasteiger partial charge in [-0.05, 0) is 56.6 Å². The van der Waals surface area contributed by atoms with Crippen molar-refractivity contribution in [3.63, 3.8) is 0 Å². The van der Waals surface area contributed by atoms with Gasteiger partial charge in [0.2, 0.25) is 0 Å². The van der Waals surface area contributed by atoms with Gasteiger partial charge >= 0.3 is 6.09 Å². The van der Waals surface area contributed by atoms with Crippen LogP contribution in [0.1, 0.15) is 65.5 Å². The number of likely N-dealkylation sites (tertiary alicyclic amines) is 1. The molecular weight excluding hydrogens is 324 g/mol. The number of carbonyl (C=O) groups excluding carboxylic acids is 1. The van der Waals surface area contributed by atoms with Gasteiger partial charge in [0.05, 0.1) is 11.5 Å². The van der Waals surface area contributed by atoms with Crippen molar-refractivity contribution >= 4 is 6.09 Å². The monoisotopic (exact) mass is 356 g/mol. The summed E-state index contributed by atoms with van der Waals surface area (Å²) in [4.78, 5) is 13.9. The second-order valence-electron chi connectivity index (χ2n) is 9.48. The summed E-state index contributed by atoms with van der Waals surface area (Å²) < 4.78 is 5.45. The van der Waals surface area contributed by atoms with Gasteiger partial charge in [0.15, 0.2) is 0 Å². The largest absolute Gasteiger partial charge is 0.444 e. The summed E-state index contributed by atoms with van der Waals surface area (Å²) >= 11 is 0. The van der Waals surface area contributed by atoms with Crippen LogP contribution < -0.4 is 0 Å². The Morgan fingerprint density at radius 1 is 1.12 bits per heavy atom. The number of amides is 1. The molecule has 0 aromatic heterocycles. The van der Waals surface area contributed by atoms with Crippen LogP contribution in [0.5, 0.6) is 0 Å². The first-order chi connectivity index (χ1) is 11.9. The molecule has 1 aliphatic rings. The van der Waals surface area contributed by atoms with Crippen molar-refractivity contribution < 1.29 is 9.53 Å². The lowest BCUT2D eigenvalue weighted by atomic mass is 9.75. The second kappa shape index (κ2) is 7.31. The molecule has 1 heterocycles.